The minimum atomic E-state index is -0.554. The average molecular weight is 285 g/mol. The first-order chi connectivity index (χ1) is 9.43. The molecule has 0 amide bonds. The van der Waals surface area contributed by atoms with Gasteiger partial charge in [-0.2, -0.15) is 0 Å². The lowest BCUT2D eigenvalue weighted by molar-refractivity contribution is -0.149. The monoisotopic (exact) mass is 285 g/mol. The molecule has 0 aromatic carbocycles. The van der Waals surface area contributed by atoms with Crippen LogP contribution in [0.5, 0.6) is 0 Å². The summed E-state index contributed by atoms with van der Waals surface area (Å²) in [5.74, 6) is 0.435. The second-order valence-corrected chi connectivity index (χ2v) is 6.46. The summed E-state index contributed by atoms with van der Waals surface area (Å²) in [6.07, 6.45) is 4.99. The fraction of sp³-hybridized carbons (Fsp3) is 0.938. The van der Waals surface area contributed by atoms with Crippen molar-refractivity contribution in [3.63, 3.8) is 0 Å². The van der Waals surface area contributed by atoms with Crippen LogP contribution in [0, 0.1) is 5.92 Å². The summed E-state index contributed by atoms with van der Waals surface area (Å²) in [4.78, 5) is 12.1. The van der Waals surface area contributed by atoms with Crippen LogP contribution in [0.15, 0.2) is 0 Å². The van der Waals surface area contributed by atoms with Crippen LogP contribution >= 0.6 is 0 Å². The number of esters is 1. The summed E-state index contributed by atoms with van der Waals surface area (Å²) < 4.78 is 11.0. The molecule has 0 spiro atoms. The Morgan fingerprint density at radius 1 is 1.40 bits per heavy atom. The highest BCUT2D eigenvalue weighted by Crippen LogP contribution is 2.34. The fourth-order valence-electron chi connectivity index (χ4n) is 3.14. The highest BCUT2D eigenvalue weighted by atomic mass is 16.5. The first-order valence-electron chi connectivity index (χ1n) is 7.91. The van der Waals surface area contributed by atoms with Crippen LogP contribution in [-0.4, -0.2) is 37.4 Å². The molecule has 1 fully saturated rings. The Morgan fingerprint density at radius 3 is 2.65 bits per heavy atom. The number of hydrogen-bond acceptors (Lipinski definition) is 4. The molecule has 1 saturated carbocycles. The highest BCUT2D eigenvalue weighted by Gasteiger charge is 2.47. The number of carbonyl (C=O) groups is 1. The van der Waals surface area contributed by atoms with Crippen molar-refractivity contribution in [3.05, 3.63) is 0 Å². The zero-order valence-corrected chi connectivity index (χ0v) is 13.7. The van der Waals surface area contributed by atoms with E-state index in [2.05, 4.69) is 33.0 Å². The predicted molar refractivity (Wildman–Crippen MR) is 80.7 cm³/mol. The van der Waals surface area contributed by atoms with E-state index in [-0.39, 0.29) is 18.1 Å². The molecule has 0 bridgehead atoms. The van der Waals surface area contributed by atoms with E-state index in [1.807, 2.05) is 0 Å². The van der Waals surface area contributed by atoms with E-state index in [0.29, 0.717) is 5.92 Å². The molecule has 0 aromatic heterocycles. The average Bonchev–Trinajstić information content (AvgIpc) is 2.79. The summed E-state index contributed by atoms with van der Waals surface area (Å²) in [5, 5.41) is 3.39. The molecule has 1 rings (SSSR count). The predicted octanol–water partition coefficient (Wildman–Crippen LogP) is 2.90. The number of carbonyl (C=O) groups excluding carboxylic acids is 1. The highest BCUT2D eigenvalue weighted by molar-refractivity contribution is 5.81. The van der Waals surface area contributed by atoms with Gasteiger partial charge < -0.3 is 9.47 Å². The van der Waals surface area contributed by atoms with Crippen LogP contribution in [0.3, 0.4) is 0 Å². The van der Waals surface area contributed by atoms with E-state index in [1.54, 1.807) is 0 Å². The first kappa shape index (κ1) is 17.4. The molecule has 0 radical (unpaired) electrons. The van der Waals surface area contributed by atoms with Gasteiger partial charge in [-0.1, -0.05) is 20.3 Å². The van der Waals surface area contributed by atoms with Gasteiger partial charge in [0, 0.05) is 19.1 Å². The van der Waals surface area contributed by atoms with Gasteiger partial charge in [0.15, 0.2) is 0 Å². The number of rotatable bonds is 8. The molecule has 1 aliphatic carbocycles. The van der Waals surface area contributed by atoms with Gasteiger partial charge in [-0.05, 0) is 39.0 Å². The molecule has 4 nitrogen and oxygen atoms in total. The Bertz CT molecular complexity index is 306. The van der Waals surface area contributed by atoms with Crippen LogP contribution in [0.25, 0.3) is 0 Å². The van der Waals surface area contributed by atoms with Crippen LogP contribution in [0.4, 0.5) is 0 Å². The zero-order chi connectivity index (χ0) is 15.2. The van der Waals surface area contributed by atoms with Crippen molar-refractivity contribution in [3.8, 4) is 0 Å². The summed E-state index contributed by atoms with van der Waals surface area (Å²) in [7, 11) is 1.46. The van der Waals surface area contributed by atoms with Crippen LogP contribution < -0.4 is 5.32 Å². The van der Waals surface area contributed by atoms with Gasteiger partial charge in [0.1, 0.15) is 5.54 Å². The second-order valence-electron chi connectivity index (χ2n) is 6.46. The van der Waals surface area contributed by atoms with Gasteiger partial charge in [0.2, 0.25) is 0 Å². The topological polar surface area (TPSA) is 47.6 Å². The van der Waals surface area contributed by atoms with Crippen molar-refractivity contribution in [1.29, 1.82) is 0 Å². The first-order valence-corrected chi connectivity index (χ1v) is 7.91. The minimum Gasteiger partial charge on any atom is -0.468 e. The number of ether oxygens (including phenoxy) is 2. The minimum absolute atomic E-state index is 0.154. The van der Waals surface area contributed by atoms with Crippen molar-refractivity contribution < 1.29 is 14.3 Å². The van der Waals surface area contributed by atoms with Crippen molar-refractivity contribution in [2.24, 2.45) is 5.92 Å². The van der Waals surface area contributed by atoms with Crippen molar-refractivity contribution in [2.75, 3.05) is 13.7 Å². The standard InChI is InChI=1S/C16H31NO3/c1-6-7-13(4)11-20-14-8-9-16(10-14,15(18)19-5)17-12(2)3/h12-14,17H,6-11H2,1-5H3. The Morgan fingerprint density at radius 2 is 2.10 bits per heavy atom. The molecular formula is C16H31NO3. The Balaban J connectivity index is 2.54. The molecule has 0 aliphatic heterocycles. The zero-order valence-electron chi connectivity index (χ0n) is 13.7. The number of hydrogen-bond donors (Lipinski definition) is 1. The maximum atomic E-state index is 12.1. The van der Waals surface area contributed by atoms with Gasteiger partial charge in [-0.3, -0.25) is 10.1 Å². The number of methoxy groups -OCH3 is 1. The molecule has 20 heavy (non-hydrogen) atoms. The molecule has 3 atom stereocenters. The third-order valence-corrected chi connectivity index (χ3v) is 4.01. The van der Waals surface area contributed by atoms with Crippen molar-refractivity contribution in [1.82, 2.24) is 5.32 Å². The van der Waals surface area contributed by atoms with Crippen molar-refractivity contribution >= 4 is 5.97 Å². The van der Waals surface area contributed by atoms with Crippen LogP contribution in [-0.2, 0) is 14.3 Å². The summed E-state index contributed by atoms with van der Waals surface area (Å²) in [5.41, 5.74) is -0.554. The van der Waals surface area contributed by atoms with E-state index in [0.717, 1.165) is 25.9 Å². The van der Waals surface area contributed by atoms with E-state index in [1.165, 1.54) is 20.0 Å². The van der Waals surface area contributed by atoms with E-state index >= 15 is 0 Å². The van der Waals surface area contributed by atoms with Crippen LogP contribution in [0.2, 0.25) is 0 Å². The van der Waals surface area contributed by atoms with E-state index in [4.69, 9.17) is 9.47 Å². The molecule has 1 N–H and O–H groups in total. The maximum absolute atomic E-state index is 12.1. The van der Waals surface area contributed by atoms with Gasteiger partial charge >= 0.3 is 5.97 Å². The van der Waals surface area contributed by atoms with Gasteiger partial charge in [0.05, 0.1) is 13.2 Å². The molecule has 1 aliphatic rings. The summed E-state index contributed by atoms with van der Waals surface area (Å²) in [6, 6.07) is 0.256. The Kier molecular flexibility index (Phi) is 6.96. The Hall–Kier alpha value is -0.610. The molecule has 4 heteroatoms. The van der Waals surface area contributed by atoms with Gasteiger partial charge in [-0.25, -0.2) is 0 Å². The van der Waals surface area contributed by atoms with E-state index < -0.39 is 5.54 Å². The third kappa shape index (κ3) is 4.74. The molecule has 3 unspecified atom stereocenters. The molecule has 118 valence electrons. The normalized spacial score (nSPS) is 27.8. The fourth-order valence-corrected chi connectivity index (χ4v) is 3.14. The maximum Gasteiger partial charge on any atom is 0.326 e. The molecule has 0 aromatic rings. The SMILES string of the molecule is CCCC(C)COC1CCC(NC(C)C)(C(=O)OC)C1. The van der Waals surface area contributed by atoms with Crippen LogP contribution in [0.1, 0.15) is 59.8 Å². The lowest BCUT2D eigenvalue weighted by atomic mass is 9.96. The molecular weight excluding hydrogens is 254 g/mol. The van der Waals surface area contributed by atoms with Gasteiger partial charge in [0.25, 0.3) is 0 Å². The van der Waals surface area contributed by atoms with Gasteiger partial charge in [-0.15, -0.1) is 0 Å². The lowest BCUT2D eigenvalue weighted by Gasteiger charge is -2.30. The molecule has 0 heterocycles. The largest absolute Gasteiger partial charge is 0.468 e. The quantitative estimate of drug-likeness (QED) is 0.697. The smallest absolute Gasteiger partial charge is 0.326 e. The van der Waals surface area contributed by atoms with E-state index in [9.17, 15) is 4.79 Å². The summed E-state index contributed by atoms with van der Waals surface area (Å²) >= 11 is 0. The molecule has 0 saturated heterocycles. The lowest BCUT2D eigenvalue weighted by Crippen LogP contribution is -2.53. The van der Waals surface area contributed by atoms with Crippen molar-refractivity contribution in [2.45, 2.75) is 77.5 Å². The summed E-state index contributed by atoms with van der Waals surface area (Å²) in [6.45, 7) is 9.32. The second kappa shape index (κ2) is 7.99. The number of nitrogens with one attached hydrogen (secondary N) is 1. The third-order valence-electron chi connectivity index (χ3n) is 4.01. The Labute approximate surface area is 123 Å².